The van der Waals surface area contributed by atoms with Gasteiger partial charge in [-0.15, -0.1) is 0 Å². The Morgan fingerprint density at radius 2 is 1.21 bits per heavy atom. The van der Waals surface area contributed by atoms with E-state index in [1.165, 1.54) is 39.4 Å². The van der Waals surface area contributed by atoms with Crippen LogP contribution >= 0.6 is 0 Å². The van der Waals surface area contributed by atoms with E-state index in [-0.39, 0.29) is 34.6 Å². The number of nitrogens with zero attached hydrogens (tertiary/aromatic N) is 2. The molecule has 148 valence electrons. The molecule has 4 N–H and O–H groups in total. The quantitative estimate of drug-likeness (QED) is 0.420. The van der Waals surface area contributed by atoms with Crippen LogP contribution in [0.2, 0.25) is 0 Å². The molecule has 0 saturated heterocycles. The van der Waals surface area contributed by atoms with Gasteiger partial charge in [-0.25, -0.2) is 0 Å². The zero-order chi connectivity index (χ0) is 20.7. The standard InChI is InChI=1S/C23H22N2O4/c1-14-3-5-15(6-4-14)11-16-7-9-17(10-8-16)25-21(27)13-19(23(25)29)18-12-20(26)24(2)22(18)28/h3-10,12-13,26-29H,11H2,1-2H3. The van der Waals surface area contributed by atoms with Crippen molar-refractivity contribution in [2.75, 3.05) is 0 Å². The van der Waals surface area contributed by atoms with Crippen LogP contribution in [0.4, 0.5) is 0 Å². The minimum atomic E-state index is -0.227. The molecule has 6 nitrogen and oxygen atoms in total. The maximum atomic E-state index is 10.7. The zero-order valence-electron chi connectivity index (χ0n) is 16.2. The second kappa shape index (κ2) is 6.98. The molecular formula is C23H22N2O4. The van der Waals surface area contributed by atoms with E-state index < -0.39 is 0 Å². The number of hydrogen-bond donors (Lipinski definition) is 4. The zero-order valence-corrected chi connectivity index (χ0v) is 16.2. The van der Waals surface area contributed by atoms with Crippen LogP contribution in [-0.2, 0) is 13.5 Å². The van der Waals surface area contributed by atoms with Crippen molar-refractivity contribution in [2.45, 2.75) is 13.3 Å². The van der Waals surface area contributed by atoms with E-state index in [0.29, 0.717) is 5.69 Å². The summed E-state index contributed by atoms with van der Waals surface area (Å²) in [6.45, 7) is 2.05. The molecule has 4 aromatic rings. The Balaban J connectivity index is 1.66. The fourth-order valence-electron chi connectivity index (χ4n) is 3.42. The molecule has 0 aliphatic carbocycles. The van der Waals surface area contributed by atoms with Gasteiger partial charge in [0.05, 0.1) is 16.8 Å². The van der Waals surface area contributed by atoms with E-state index in [1.807, 2.05) is 24.3 Å². The first-order chi connectivity index (χ1) is 13.8. The van der Waals surface area contributed by atoms with Crippen LogP contribution in [0.25, 0.3) is 16.8 Å². The third-order valence-electron chi connectivity index (χ3n) is 5.14. The number of aromatic nitrogens is 2. The lowest BCUT2D eigenvalue weighted by Gasteiger charge is -2.09. The van der Waals surface area contributed by atoms with E-state index >= 15 is 0 Å². The SMILES string of the molecule is Cc1ccc(Cc2ccc(-n3c(O)cc(-c4cc(O)n(C)c4O)c3O)cc2)cc1. The van der Waals surface area contributed by atoms with Gasteiger partial charge in [-0.1, -0.05) is 42.0 Å². The van der Waals surface area contributed by atoms with Crippen molar-refractivity contribution in [1.82, 2.24) is 9.13 Å². The minimum absolute atomic E-state index is 0.149. The van der Waals surface area contributed by atoms with Crippen LogP contribution in [0.5, 0.6) is 23.5 Å². The van der Waals surface area contributed by atoms with Gasteiger partial charge in [-0.05, 0) is 36.6 Å². The van der Waals surface area contributed by atoms with Gasteiger partial charge in [0.1, 0.15) is 0 Å². The van der Waals surface area contributed by atoms with E-state index in [2.05, 4.69) is 31.2 Å². The lowest BCUT2D eigenvalue weighted by atomic mass is 10.0. The van der Waals surface area contributed by atoms with Crippen molar-refractivity contribution < 1.29 is 20.4 Å². The summed E-state index contributed by atoms with van der Waals surface area (Å²) >= 11 is 0. The monoisotopic (exact) mass is 390 g/mol. The Labute approximate surface area is 168 Å². The summed E-state index contributed by atoms with van der Waals surface area (Å²) in [6.07, 6.45) is 0.784. The summed E-state index contributed by atoms with van der Waals surface area (Å²) in [7, 11) is 1.49. The third kappa shape index (κ3) is 3.29. The molecule has 0 aliphatic rings. The molecule has 4 rings (SSSR count). The molecule has 0 bridgehead atoms. The molecule has 0 unspecified atom stereocenters. The van der Waals surface area contributed by atoms with Crippen molar-refractivity contribution in [3.05, 3.63) is 77.4 Å². The van der Waals surface area contributed by atoms with Gasteiger partial charge in [0.15, 0.2) is 11.8 Å². The normalized spacial score (nSPS) is 11.1. The maximum absolute atomic E-state index is 10.7. The summed E-state index contributed by atoms with van der Waals surface area (Å²) in [5.41, 5.74) is 4.56. The Morgan fingerprint density at radius 1 is 0.690 bits per heavy atom. The number of aryl methyl sites for hydroxylation is 1. The Hall–Kier alpha value is -3.80. The van der Waals surface area contributed by atoms with Crippen molar-refractivity contribution in [1.29, 1.82) is 0 Å². The lowest BCUT2D eigenvalue weighted by molar-refractivity contribution is 0.387. The van der Waals surface area contributed by atoms with Gasteiger partial charge in [0.25, 0.3) is 0 Å². The molecule has 0 atom stereocenters. The average molecular weight is 390 g/mol. The van der Waals surface area contributed by atoms with Gasteiger partial charge in [-0.3, -0.25) is 9.13 Å². The number of benzene rings is 2. The van der Waals surface area contributed by atoms with E-state index in [9.17, 15) is 20.4 Å². The molecule has 6 heteroatoms. The highest BCUT2D eigenvalue weighted by atomic mass is 16.3. The first kappa shape index (κ1) is 18.6. The molecule has 2 aromatic heterocycles. The Kier molecular flexibility index (Phi) is 4.47. The fourth-order valence-corrected chi connectivity index (χ4v) is 3.42. The molecule has 0 saturated carbocycles. The van der Waals surface area contributed by atoms with Gasteiger partial charge < -0.3 is 20.4 Å². The molecule has 0 aliphatic heterocycles. The average Bonchev–Trinajstić information content (AvgIpc) is 3.14. The van der Waals surface area contributed by atoms with Crippen LogP contribution in [0, 0.1) is 6.92 Å². The van der Waals surface area contributed by atoms with Crippen molar-refractivity contribution >= 4 is 0 Å². The Bertz CT molecular complexity index is 1170. The summed E-state index contributed by atoms with van der Waals surface area (Å²) < 4.78 is 2.47. The summed E-state index contributed by atoms with van der Waals surface area (Å²) in [4.78, 5) is 0. The minimum Gasteiger partial charge on any atom is -0.494 e. The van der Waals surface area contributed by atoms with Gasteiger partial charge in [0, 0.05) is 19.2 Å². The van der Waals surface area contributed by atoms with Crippen molar-refractivity contribution in [2.24, 2.45) is 7.05 Å². The smallest absolute Gasteiger partial charge is 0.206 e. The first-order valence-electron chi connectivity index (χ1n) is 9.21. The molecule has 29 heavy (non-hydrogen) atoms. The largest absolute Gasteiger partial charge is 0.494 e. The van der Waals surface area contributed by atoms with Gasteiger partial charge >= 0.3 is 0 Å². The van der Waals surface area contributed by atoms with Crippen LogP contribution in [0.1, 0.15) is 16.7 Å². The molecule has 2 aromatic carbocycles. The van der Waals surface area contributed by atoms with E-state index in [0.717, 1.165) is 12.0 Å². The summed E-state index contributed by atoms with van der Waals surface area (Å²) in [5.74, 6) is -0.755. The van der Waals surface area contributed by atoms with E-state index in [4.69, 9.17) is 0 Å². The Morgan fingerprint density at radius 3 is 1.76 bits per heavy atom. The summed E-state index contributed by atoms with van der Waals surface area (Å²) in [5, 5.41) is 41.0. The first-order valence-corrected chi connectivity index (χ1v) is 9.21. The van der Waals surface area contributed by atoms with Crippen LogP contribution < -0.4 is 0 Å². The van der Waals surface area contributed by atoms with Crippen LogP contribution in [0.15, 0.2) is 60.7 Å². The molecule has 0 fully saturated rings. The number of rotatable bonds is 4. The second-order valence-corrected chi connectivity index (χ2v) is 7.20. The van der Waals surface area contributed by atoms with Gasteiger partial charge in [0.2, 0.25) is 11.8 Å². The molecule has 0 amide bonds. The van der Waals surface area contributed by atoms with Crippen molar-refractivity contribution in [3.63, 3.8) is 0 Å². The predicted octanol–water partition coefficient (Wildman–Crippen LogP) is 4.20. The lowest BCUT2D eigenvalue weighted by Crippen LogP contribution is -1.94. The second-order valence-electron chi connectivity index (χ2n) is 7.20. The highest BCUT2D eigenvalue weighted by Gasteiger charge is 2.22. The highest BCUT2D eigenvalue weighted by molar-refractivity contribution is 5.77. The highest BCUT2D eigenvalue weighted by Crippen LogP contribution is 2.44. The maximum Gasteiger partial charge on any atom is 0.206 e. The molecule has 0 radical (unpaired) electrons. The van der Waals surface area contributed by atoms with Crippen LogP contribution in [-0.4, -0.2) is 29.6 Å². The number of hydrogen-bond acceptors (Lipinski definition) is 4. The van der Waals surface area contributed by atoms with Crippen LogP contribution in [0.3, 0.4) is 0 Å². The predicted molar refractivity (Wildman–Crippen MR) is 111 cm³/mol. The van der Waals surface area contributed by atoms with Gasteiger partial charge in [-0.2, -0.15) is 0 Å². The molecule has 2 heterocycles. The number of aromatic hydroxyl groups is 4. The van der Waals surface area contributed by atoms with Crippen molar-refractivity contribution in [3.8, 4) is 40.3 Å². The van der Waals surface area contributed by atoms with E-state index in [1.54, 1.807) is 0 Å². The summed E-state index contributed by atoms with van der Waals surface area (Å²) in [6, 6.07) is 18.6. The third-order valence-corrected chi connectivity index (χ3v) is 5.14. The molecular weight excluding hydrogens is 368 g/mol. The topological polar surface area (TPSA) is 90.8 Å². The molecule has 0 spiro atoms. The fraction of sp³-hybridized carbons (Fsp3) is 0.130.